The zero-order valence-electron chi connectivity index (χ0n) is 14.3. The van der Waals surface area contributed by atoms with Crippen LogP contribution in [-0.2, 0) is 11.3 Å². The van der Waals surface area contributed by atoms with Gasteiger partial charge in [-0.25, -0.2) is 0 Å². The fourth-order valence-electron chi connectivity index (χ4n) is 2.53. The molecule has 5 heteroatoms. The summed E-state index contributed by atoms with van der Waals surface area (Å²) >= 11 is 0. The van der Waals surface area contributed by atoms with Crippen LogP contribution in [0.15, 0.2) is 34.8 Å². The SMILES string of the molecule is CN=C(NCCC1=CCOCC1)NCc1ccc(C)cc1OC. The van der Waals surface area contributed by atoms with Gasteiger partial charge in [-0.05, 0) is 31.4 Å². The molecule has 0 saturated heterocycles. The fraction of sp³-hybridized carbons (Fsp3) is 0.500. The number of ether oxygens (including phenoxy) is 2. The summed E-state index contributed by atoms with van der Waals surface area (Å²) in [6.07, 6.45) is 4.24. The fourth-order valence-corrected chi connectivity index (χ4v) is 2.53. The summed E-state index contributed by atoms with van der Waals surface area (Å²) in [5.74, 6) is 1.71. The minimum atomic E-state index is 0.680. The predicted octanol–water partition coefficient (Wildman–Crippen LogP) is 2.41. The summed E-state index contributed by atoms with van der Waals surface area (Å²) in [5, 5.41) is 6.68. The highest BCUT2D eigenvalue weighted by molar-refractivity contribution is 5.79. The van der Waals surface area contributed by atoms with E-state index < -0.39 is 0 Å². The smallest absolute Gasteiger partial charge is 0.191 e. The van der Waals surface area contributed by atoms with Gasteiger partial charge < -0.3 is 20.1 Å². The molecule has 0 bridgehead atoms. The molecule has 0 atom stereocenters. The lowest BCUT2D eigenvalue weighted by Crippen LogP contribution is -2.37. The average molecular weight is 317 g/mol. The number of rotatable bonds is 6. The van der Waals surface area contributed by atoms with Crippen LogP contribution < -0.4 is 15.4 Å². The molecule has 1 aromatic carbocycles. The first-order valence-electron chi connectivity index (χ1n) is 8.06. The van der Waals surface area contributed by atoms with Crippen molar-refractivity contribution in [1.82, 2.24) is 10.6 Å². The van der Waals surface area contributed by atoms with Crippen molar-refractivity contribution >= 4 is 5.96 Å². The molecule has 126 valence electrons. The van der Waals surface area contributed by atoms with Crippen LogP contribution in [0.1, 0.15) is 24.0 Å². The molecule has 1 aromatic rings. The molecule has 1 aliphatic rings. The van der Waals surface area contributed by atoms with Gasteiger partial charge in [0.15, 0.2) is 5.96 Å². The molecule has 23 heavy (non-hydrogen) atoms. The quantitative estimate of drug-likeness (QED) is 0.481. The second-order valence-electron chi connectivity index (χ2n) is 5.61. The maximum atomic E-state index is 5.43. The summed E-state index contributed by atoms with van der Waals surface area (Å²) in [6, 6.07) is 6.22. The van der Waals surface area contributed by atoms with Crippen LogP contribution in [0.4, 0.5) is 0 Å². The van der Waals surface area contributed by atoms with E-state index in [-0.39, 0.29) is 0 Å². The minimum Gasteiger partial charge on any atom is -0.496 e. The van der Waals surface area contributed by atoms with E-state index >= 15 is 0 Å². The molecule has 5 nitrogen and oxygen atoms in total. The van der Waals surface area contributed by atoms with Crippen LogP contribution in [0.2, 0.25) is 0 Å². The van der Waals surface area contributed by atoms with Gasteiger partial charge in [-0.3, -0.25) is 4.99 Å². The second kappa shape index (κ2) is 9.20. The van der Waals surface area contributed by atoms with Crippen molar-refractivity contribution in [2.24, 2.45) is 4.99 Å². The third-order valence-electron chi connectivity index (χ3n) is 3.91. The normalized spacial score (nSPS) is 15.1. The Labute approximate surface area is 138 Å². The van der Waals surface area contributed by atoms with Crippen molar-refractivity contribution in [2.75, 3.05) is 33.9 Å². The third-order valence-corrected chi connectivity index (χ3v) is 3.91. The van der Waals surface area contributed by atoms with Gasteiger partial charge in [0, 0.05) is 25.7 Å². The Bertz CT molecular complexity index is 567. The predicted molar refractivity (Wildman–Crippen MR) is 94.1 cm³/mol. The maximum absolute atomic E-state index is 5.43. The van der Waals surface area contributed by atoms with Crippen molar-refractivity contribution in [1.29, 1.82) is 0 Å². The van der Waals surface area contributed by atoms with Gasteiger partial charge >= 0.3 is 0 Å². The molecule has 0 aliphatic carbocycles. The Morgan fingerprint density at radius 1 is 1.35 bits per heavy atom. The summed E-state index contributed by atoms with van der Waals surface area (Å²) < 4.78 is 10.8. The highest BCUT2D eigenvalue weighted by Crippen LogP contribution is 2.19. The number of aryl methyl sites for hydroxylation is 1. The van der Waals surface area contributed by atoms with Crippen LogP contribution >= 0.6 is 0 Å². The molecule has 0 radical (unpaired) electrons. The van der Waals surface area contributed by atoms with E-state index in [9.17, 15) is 0 Å². The molecular formula is C18H27N3O2. The highest BCUT2D eigenvalue weighted by Gasteiger charge is 2.06. The zero-order chi connectivity index (χ0) is 16.5. The van der Waals surface area contributed by atoms with E-state index in [1.807, 2.05) is 6.07 Å². The van der Waals surface area contributed by atoms with Gasteiger partial charge in [0.05, 0.1) is 20.3 Å². The molecular weight excluding hydrogens is 290 g/mol. The molecule has 1 aliphatic heterocycles. The number of nitrogens with zero attached hydrogens (tertiary/aromatic N) is 1. The molecule has 0 unspecified atom stereocenters. The molecule has 0 saturated carbocycles. The van der Waals surface area contributed by atoms with E-state index in [2.05, 4.69) is 40.8 Å². The van der Waals surface area contributed by atoms with E-state index in [0.717, 1.165) is 49.9 Å². The van der Waals surface area contributed by atoms with Gasteiger partial charge in [-0.1, -0.05) is 23.8 Å². The lowest BCUT2D eigenvalue weighted by molar-refractivity contribution is 0.153. The van der Waals surface area contributed by atoms with Crippen LogP contribution in [-0.4, -0.2) is 39.9 Å². The van der Waals surface area contributed by atoms with E-state index in [4.69, 9.17) is 9.47 Å². The van der Waals surface area contributed by atoms with E-state index in [1.165, 1.54) is 11.1 Å². The third kappa shape index (κ3) is 5.60. The summed E-state index contributed by atoms with van der Waals surface area (Å²) in [6.45, 7) is 5.20. The molecule has 0 amide bonds. The Morgan fingerprint density at radius 2 is 2.22 bits per heavy atom. The van der Waals surface area contributed by atoms with Crippen molar-refractivity contribution in [3.8, 4) is 5.75 Å². The molecule has 0 spiro atoms. The Balaban J connectivity index is 1.80. The Kier molecular flexibility index (Phi) is 6.94. The van der Waals surface area contributed by atoms with Crippen LogP contribution in [0.5, 0.6) is 5.75 Å². The number of aliphatic imine (C=N–C) groups is 1. The van der Waals surface area contributed by atoms with Gasteiger partial charge in [0.2, 0.25) is 0 Å². The van der Waals surface area contributed by atoms with Crippen LogP contribution in [0.25, 0.3) is 0 Å². The summed E-state index contributed by atoms with van der Waals surface area (Å²) in [7, 11) is 3.49. The molecule has 2 rings (SSSR count). The zero-order valence-corrected chi connectivity index (χ0v) is 14.3. The number of nitrogens with one attached hydrogen (secondary N) is 2. The topological polar surface area (TPSA) is 54.9 Å². The Morgan fingerprint density at radius 3 is 2.91 bits per heavy atom. The van der Waals surface area contributed by atoms with E-state index in [0.29, 0.717) is 6.54 Å². The lowest BCUT2D eigenvalue weighted by Gasteiger charge is -2.16. The summed E-state index contributed by atoms with van der Waals surface area (Å²) in [4.78, 5) is 4.27. The molecule has 0 aromatic heterocycles. The molecule has 0 fully saturated rings. The summed E-state index contributed by atoms with van der Waals surface area (Å²) in [5.41, 5.74) is 3.77. The Hall–Kier alpha value is -2.01. The van der Waals surface area contributed by atoms with Gasteiger partial charge in [-0.2, -0.15) is 0 Å². The lowest BCUT2D eigenvalue weighted by atomic mass is 10.1. The number of hydrogen-bond acceptors (Lipinski definition) is 3. The second-order valence-corrected chi connectivity index (χ2v) is 5.61. The average Bonchev–Trinajstić information content (AvgIpc) is 2.59. The van der Waals surface area contributed by atoms with E-state index in [1.54, 1.807) is 14.2 Å². The van der Waals surface area contributed by atoms with Crippen molar-refractivity contribution in [3.05, 3.63) is 41.0 Å². The number of benzene rings is 1. The monoisotopic (exact) mass is 317 g/mol. The highest BCUT2D eigenvalue weighted by atomic mass is 16.5. The maximum Gasteiger partial charge on any atom is 0.191 e. The van der Waals surface area contributed by atoms with Crippen LogP contribution in [0, 0.1) is 6.92 Å². The van der Waals surface area contributed by atoms with Gasteiger partial charge in [-0.15, -0.1) is 0 Å². The first-order valence-corrected chi connectivity index (χ1v) is 8.06. The number of methoxy groups -OCH3 is 1. The standard InChI is InChI=1S/C18H27N3O2/c1-14-4-5-16(17(12-14)22-3)13-21-18(19-2)20-9-6-15-7-10-23-11-8-15/h4-5,7,12H,6,8-11,13H2,1-3H3,(H2,19,20,21). The largest absolute Gasteiger partial charge is 0.496 e. The number of guanidine groups is 1. The van der Waals surface area contributed by atoms with Gasteiger partial charge in [0.25, 0.3) is 0 Å². The number of hydrogen-bond donors (Lipinski definition) is 2. The van der Waals surface area contributed by atoms with Crippen LogP contribution in [0.3, 0.4) is 0 Å². The van der Waals surface area contributed by atoms with Gasteiger partial charge in [0.1, 0.15) is 5.75 Å². The minimum absolute atomic E-state index is 0.680. The first-order chi connectivity index (χ1) is 11.2. The first kappa shape index (κ1) is 17.3. The van der Waals surface area contributed by atoms with Crippen molar-refractivity contribution in [3.63, 3.8) is 0 Å². The molecule has 2 N–H and O–H groups in total. The van der Waals surface area contributed by atoms with Crippen molar-refractivity contribution in [2.45, 2.75) is 26.3 Å². The van der Waals surface area contributed by atoms with Crippen molar-refractivity contribution < 1.29 is 9.47 Å². The molecule has 1 heterocycles.